The lowest BCUT2D eigenvalue weighted by atomic mass is 10.1. The Morgan fingerprint density at radius 1 is 1.04 bits per heavy atom. The van der Waals surface area contributed by atoms with Crippen molar-refractivity contribution in [1.82, 2.24) is 5.32 Å². The van der Waals surface area contributed by atoms with Crippen molar-refractivity contribution in [1.29, 1.82) is 0 Å². The number of carbonyl (C=O) groups is 3. The quantitative estimate of drug-likeness (QED) is 0.570. The maximum atomic E-state index is 12.4. The second-order valence-electron chi connectivity index (χ2n) is 6.24. The summed E-state index contributed by atoms with van der Waals surface area (Å²) in [5, 5.41) is 5.16. The van der Waals surface area contributed by atoms with Crippen molar-refractivity contribution in [2.45, 2.75) is 33.3 Å². The molecule has 28 heavy (non-hydrogen) atoms. The number of esters is 1. The number of amides is 2. The fourth-order valence-electron chi connectivity index (χ4n) is 2.40. The van der Waals surface area contributed by atoms with Crippen molar-refractivity contribution in [2.24, 2.45) is 0 Å². The molecule has 0 spiro atoms. The van der Waals surface area contributed by atoms with Crippen molar-refractivity contribution in [3.05, 3.63) is 71.4 Å². The summed E-state index contributed by atoms with van der Waals surface area (Å²) in [6, 6.07) is 16.5. The van der Waals surface area contributed by atoms with Crippen molar-refractivity contribution in [3.8, 4) is 0 Å². The summed E-state index contributed by atoms with van der Waals surface area (Å²) >= 11 is 0. The summed E-state index contributed by atoms with van der Waals surface area (Å²) in [5.41, 5.74) is 2.46. The molecule has 146 valence electrons. The van der Waals surface area contributed by atoms with Crippen LogP contribution in [0.5, 0.6) is 0 Å². The van der Waals surface area contributed by atoms with Crippen LogP contribution in [-0.2, 0) is 25.5 Å². The molecule has 0 heterocycles. The van der Waals surface area contributed by atoms with Gasteiger partial charge in [0.1, 0.15) is 5.70 Å². The predicted octanol–water partition coefficient (Wildman–Crippen LogP) is 3.30. The van der Waals surface area contributed by atoms with Gasteiger partial charge in [0.05, 0.1) is 0 Å². The molecule has 2 aromatic carbocycles. The average molecular weight is 380 g/mol. The van der Waals surface area contributed by atoms with Gasteiger partial charge in [-0.2, -0.15) is 0 Å². The molecule has 0 radical (unpaired) electrons. The van der Waals surface area contributed by atoms with Gasteiger partial charge in [0, 0.05) is 12.6 Å². The first-order valence-electron chi connectivity index (χ1n) is 9.04. The van der Waals surface area contributed by atoms with Crippen LogP contribution in [-0.4, -0.2) is 23.9 Å². The van der Waals surface area contributed by atoms with Gasteiger partial charge in [0.15, 0.2) is 6.10 Å². The number of benzene rings is 2. The lowest BCUT2D eigenvalue weighted by Gasteiger charge is -2.15. The van der Waals surface area contributed by atoms with E-state index >= 15 is 0 Å². The molecule has 0 saturated carbocycles. The molecule has 0 fully saturated rings. The molecule has 1 atom stereocenters. The highest BCUT2D eigenvalue weighted by atomic mass is 16.5. The molecule has 0 saturated heterocycles. The summed E-state index contributed by atoms with van der Waals surface area (Å²) in [6.45, 7) is 4.81. The highest BCUT2D eigenvalue weighted by molar-refractivity contribution is 6.00. The topological polar surface area (TPSA) is 84.5 Å². The number of nitrogens with one attached hydrogen (secondary N) is 2. The van der Waals surface area contributed by atoms with Crippen molar-refractivity contribution >= 4 is 29.5 Å². The molecular weight excluding hydrogens is 356 g/mol. The van der Waals surface area contributed by atoms with E-state index in [4.69, 9.17) is 4.74 Å². The van der Waals surface area contributed by atoms with Crippen LogP contribution < -0.4 is 10.6 Å². The van der Waals surface area contributed by atoms with E-state index in [0.717, 1.165) is 17.5 Å². The summed E-state index contributed by atoms with van der Waals surface area (Å²) in [6.07, 6.45) is 1.37. The van der Waals surface area contributed by atoms with Crippen LogP contribution in [0.2, 0.25) is 0 Å². The van der Waals surface area contributed by atoms with E-state index in [2.05, 4.69) is 10.6 Å². The molecule has 2 rings (SSSR count). The Labute approximate surface area is 164 Å². The minimum atomic E-state index is -1.04. The zero-order valence-electron chi connectivity index (χ0n) is 16.2. The first kappa shape index (κ1) is 20.9. The number of hydrogen-bond acceptors (Lipinski definition) is 4. The number of ether oxygens (including phenoxy) is 1. The van der Waals surface area contributed by atoms with Crippen LogP contribution in [0.15, 0.2) is 60.3 Å². The Kier molecular flexibility index (Phi) is 7.51. The third kappa shape index (κ3) is 6.39. The highest BCUT2D eigenvalue weighted by Crippen LogP contribution is 2.12. The average Bonchev–Trinajstić information content (AvgIpc) is 2.68. The normalized spacial score (nSPS) is 12.0. The molecule has 0 aliphatic rings. The summed E-state index contributed by atoms with van der Waals surface area (Å²) in [5.74, 6) is -1.66. The summed E-state index contributed by atoms with van der Waals surface area (Å²) < 4.78 is 5.23. The molecule has 0 aliphatic heterocycles. The number of carbonyl (C=O) groups excluding carboxylic acids is 3. The SMILES string of the molecule is CCc1ccc(NC(=O)[C@@H](C)OC(=O)/C(=C/c2ccccc2)NC(C)=O)cc1. The van der Waals surface area contributed by atoms with Crippen molar-refractivity contribution in [2.75, 3.05) is 5.32 Å². The third-order valence-corrected chi connectivity index (χ3v) is 3.92. The second kappa shape index (κ2) is 10.1. The van der Waals surface area contributed by atoms with Gasteiger partial charge in [0.2, 0.25) is 5.91 Å². The van der Waals surface area contributed by atoms with Crippen LogP contribution in [0.1, 0.15) is 31.9 Å². The maximum absolute atomic E-state index is 12.4. The molecule has 2 aromatic rings. The Balaban J connectivity index is 2.05. The van der Waals surface area contributed by atoms with Crippen LogP contribution in [0.3, 0.4) is 0 Å². The monoisotopic (exact) mass is 380 g/mol. The number of hydrogen-bond donors (Lipinski definition) is 2. The largest absolute Gasteiger partial charge is 0.448 e. The molecular formula is C22H24N2O4. The summed E-state index contributed by atoms with van der Waals surface area (Å²) in [4.78, 5) is 36.2. The van der Waals surface area contributed by atoms with E-state index in [1.165, 1.54) is 19.9 Å². The van der Waals surface area contributed by atoms with E-state index < -0.39 is 23.9 Å². The Morgan fingerprint density at radius 2 is 1.68 bits per heavy atom. The first-order valence-corrected chi connectivity index (χ1v) is 9.04. The molecule has 6 nitrogen and oxygen atoms in total. The minimum absolute atomic E-state index is 0.0364. The standard InChI is InChI=1S/C22H24N2O4/c1-4-17-10-12-19(13-11-17)24-21(26)15(2)28-22(27)20(23-16(3)25)14-18-8-6-5-7-9-18/h5-15H,4H2,1-3H3,(H,23,25)(H,24,26)/b20-14-/t15-/m1/s1. The van der Waals surface area contributed by atoms with Gasteiger partial charge in [-0.3, -0.25) is 9.59 Å². The third-order valence-electron chi connectivity index (χ3n) is 3.92. The van der Waals surface area contributed by atoms with E-state index in [1.54, 1.807) is 24.3 Å². The van der Waals surface area contributed by atoms with Gasteiger partial charge < -0.3 is 15.4 Å². The Morgan fingerprint density at radius 3 is 2.25 bits per heavy atom. The fraction of sp³-hybridized carbons (Fsp3) is 0.227. The number of anilines is 1. The molecule has 2 N–H and O–H groups in total. The number of rotatable bonds is 7. The van der Waals surface area contributed by atoms with Crippen LogP contribution in [0.4, 0.5) is 5.69 Å². The van der Waals surface area contributed by atoms with E-state index in [9.17, 15) is 14.4 Å². The molecule has 0 aromatic heterocycles. The van der Waals surface area contributed by atoms with Gasteiger partial charge >= 0.3 is 5.97 Å². The van der Waals surface area contributed by atoms with Crippen molar-refractivity contribution in [3.63, 3.8) is 0 Å². The Bertz CT molecular complexity index is 858. The zero-order valence-corrected chi connectivity index (χ0v) is 16.2. The lowest BCUT2D eigenvalue weighted by molar-refractivity contribution is -0.149. The molecule has 0 aliphatic carbocycles. The lowest BCUT2D eigenvalue weighted by Crippen LogP contribution is -2.33. The molecule has 0 bridgehead atoms. The van der Waals surface area contributed by atoms with Crippen LogP contribution >= 0.6 is 0 Å². The van der Waals surface area contributed by atoms with Gasteiger partial charge in [-0.05, 0) is 42.7 Å². The predicted molar refractivity (Wildman–Crippen MR) is 108 cm³/mol. The molecule has 6 heteroatoms. The van der Waals surface area contributed by atoms with E-state index in [0.29, 0.717) is 5.69 Å². The second-order valence-corrected chi connectivity index (χ2v) is 6.24. The maximum Gasteiger partial charge on any atom is 0.355 e. The van der Waals surface area contributed by atoms with Gasteiger partial charge in [-0.15, -0.1) is 0 Å². The van der Waals surface area contributed by atoms with Crippen LogP contribution in [0, 0.1) is 0 Å². The van der Waals surface area contributed by atoms with E-state index in [-0.39, 0.29) is 5.70 Å². The molecule has 2 amide bonds. The fourth-order valence-corrected chi connectivity index (χ4v) is 2.40. The van der Waals surface area contributed by atoms with Gasteiger partial charge in [-0.1, -0.05) is 49.4 Å². The van der Waals surface area contributed by atoms with Crippen molar-refractivity contribution < 1.29 is 19.1 Å². The summed E-state index contributed by atoms with van der Waals surface area (Å²) in [7, 11) is 0. The first-order chi connectivity index (χ1) is 13.4. The van der Waals surface area contributed by atoms with Crippen LogP contribution in [0.25, 0.3) is 6.08 Å². The smallest absolute Gasteiger partial charge is 0.355 e. The van der Waals surface area contributed by atoms with Gasteiger partial charge in [-0.25, -0.2) is 4.79 Å². The highest BCUT2D eigenvalue weighted by Gasteiger charge is 2.21. The zero-order chi connectivity index (χ0) is 20.5. The minimum Gasteiger partial charge on any atom is -0.448 e. The van der Waals surface area contributed by atoms with E-state index in [1.807, 2.05) is 37.3 Å². The number of aryl methyl sites for hydroxylation is 1. The Hall–Kier alpha value is -3.41. The molecule has 0 unspecified atom stereocenters. The van der Waals surface area contributed by atoms with Gasteiger partial charge in [0.25, 0.3) is 5.91 Å².